The van der Waals surface area contributed by atoms with E-state index in [1.54, 1.807) is 0 Å². The summed E-state index contributed by atoms with van der Waals surface area (Å²) in [6.07, 6.45) is 6.65. The Labute approximate surface area is 107 Å². The normalized spacial score (nSPS) is 10.9. The van der Waals surface area contributed by atoms with Crippen LogP contribution in [-0.4, -0.2) is 9.78 Å². The maximum Gasteiger partial charge on any atom is 0.0729 e. The molecule has 0 N–H and O–H groups in total. The van der Waals surface area contributed by atoms with E-state index in [1.165, 1.54) is 47.1 Å². The summed E-state index contributed by atoms with van der Waals surface area (Å²) in [5.74, 6) is 0. The van der Waals surface area contributed by atoms with Crippen LogP contribution in [0, 0.1) is 17.4 Å². The number of halogens is 1. The zero-order chi connectivity index (χ0) is 11.3. The third-order valence-electron chi connectivity index (χ3n) is 2.77. The van der Waals surface area contributed by atoms with Gasteiger partial charge in [0.2, 0.25) is 0 Å². The fraction of sp³-hybridized carbons (Fsp3) is 0.750. The first-order valence-corrected chi connectivity index (χ1v) is 6.94. The number of hydrogen-bond acceptors (Lipinski definition) is 1. The predicted octanol–water partition coefficient (Wildman–Crippen LogP) is 4.07. The van der Waals surface area contributed by atoms with Crippen molar-refractivity contribution in [2.75, 3.05) is 0 Å². The van der Waals surface area contributed by atoms with Crippen LogP contribution in [0.15, 0.2) is 0 Å². The Kier molecular flexibility index (Phi) is 5.64. The van der Waals surface area contributed by atoms with Crippen molar-refractivity contribution < 1.29 is 0 Å². The molecule has 0 atom stereocenters. The maximum absolute atomic E-state index is 4.54. The Morgan fingerprint density at radius 2 is 1.80 bits per heavy atom. The lowest BCUT2D eigenvalue weighted by Crippen LogP contribution is -2.02. The Morgan fingerprint density at radius 1 is 1.13 bits per heavy atom. The zero-order valence-electron chi connectivity index (χ0n) is 10.0. The van der Waals surface area contributed by atoms with Crippen LogP contribution in [0.25, 0.3) is 0 Å². The summed E-state index contributed by atoms with van der Waals surface area (Å²) < 4.78 is 3.48. The minimum absolute atomic E-state index is 1.08. The van der Waals surface area contributed by atoms with Gasteiger partial charge in [-0.1, -0.05) is 32.6 Å². The van der Waals surface area contributed by atoms with E-state index in [4.69, 9.17) is 0 Å². The second kappa shape index (κ2) is 6.51. The lowest BCUT2D eigenvalue weighted by molar-refractivity contribution is 0.522. The van der Waals surface area contributed by atoms with Crippen molar-refractivity contribution in [3.8, 4) is 0 Å². The molecule has 1 heterocycles. The fourth-order valence-electron chi connectivity index (χ4n) is 1.76. The molecule has 1 rings (SSSR count). The summed E-state index contributed by atoms with van der Waals surface area (Å²) in [5, 5.41) is 4.54. The van der Waals surface area contributed by atoms with E-state index >= 15 is 0 Å². The van der Waals surface area contributed by atoms with Crippen molar-refractivity contribution >= 4 is 22.6 Å². The van der Waals surface area contributed by atoms with Gasteiger partial charge in [-0.15, -0.1) is 0 Å². The average molecular weight is 320 g/mol. The molecule has 2 nitrogen and oxygen atoms in total. The number of nitrogens with zero attached hydrogens (tertiary/aromatic N) is 2. The summed E-state index contributed by atoms with van der Waals surface area (Å²) in [5.41, 5.74) is 2.49. The van der Waals surface area contributed by atoms with Crippen LogP contribution in [0.1, 0.15) is 50.4 Å². The second-order valence-corrected chi connectivity index (χ2v) is 5.20. The summed E-state index contributed by atoms with van der Waals surface area (Å²) in [7, 11) is 0. The lowest BCUT2D eigenvalue weighted by atomic mass is 10.1. The van der Waals surface area contributed by atoms with E-state index in [0.29, 0.717) is 0 Å². The van der Waals surface area contributed by atoms with Crippen molar-refractivity contribution in [1.29, 1.82) is 0 Å². The summed E-state index contributed by atoms with van der Waals surface area (Å²) in [6.45, 7) is 7.58. The molecule has 86 valence electrons. The van der Waals surface area contributed by atoms with Gasteiger partial charge in [0, 0.05) is 12.2 Å². The Hall–Kier alpha value is -0.0600. The molecule has 0 aromatic carbocycles. The van der Waals surface area contributed by atoms with Crippen LogP contribution in [0.4, 0.5) is 0 Å². The average Bonchev–Trinajstić information content (AvgIpc) is 2.46. The van der Waals surface area contributed by atoms with Crippen molar-refractivity contribution in [2.24, 2.45) is 0 Å². The SMILES string of the molecule is CCCCCCCn1nc(C)c(I)c1C. The van der Waals surface area contributed by atoms with Crippen LogP contribution in [-0.2, 0) is 6.54 Å². The van der Waals surface area contributed by atoms with Gasteiger partial charge in [0.1, 0.15) is 0 Å². The van der Waals surface area contributed by atoms with Crippen molar-refractivity contribution in [3.63, 3.8) is 0 Å². The van der Waals surface area contributed by atoms with Crippen molar-refractivity contribution in [3.05, 3.63) is 15.0 Å². The molecule has 1 aromatic rings. The summed E-state index contributed by atoms with van der Waals surface area (Å²) in [6, 6.07) is 0. The highest BCUT2D eigenvalue weighted by atomic mass is 127. The molecule has 1 aromatic heterocycles. The molecule has 0 radical (unpaired) electrons. The third kappa shape index (κ3) is 3.78. The van der Waals surface area contributed by atoms with E-state index in [9.17, 15) is 0 Å². The van der Waals surface area contributed by atoms with Gasteiger partial charge in [-0.2, -0.15) is 5.10 Å². The molecule has 0 saturated heterocycles. The largest absolute Gasteiger partial charge is 0.269 e. The standard InChI is InChI=1S/C12H21IN2/c1-4-5-6-7-8-9-15-11(3)12(13)10(2)14-15/h4-9H2,1-3H3. The Bertz CT molecular complexity index is 305. The van der Waals surface area contributed by atoms with Gasteiger partial charge in [0.05, 0.1) is 9.26 Å². The van der Waals surface area contributed by atoms with E-state index in [2.05, 4.69) is 53.1 Å². The molecule has 3 heteroatoms. The minimum Gasteiger partial charge on any atom is -0.269 e. The number of aryl methyl sites for hydroxylation is 2. The van der Waals surface area contributed by atoms with E-state index in [-0.39, 0.29) is 0 Å². The quantitative estimate of drug-likeness (QED) is 0.570. The van der Waals surface area contributed by atoms with Crippen LogP contribution >= 0.6 is 22.6 Å². The fourth-order valence-corrected chi connectivity index (χ4v) is 2.14. The Morgan fingerprint density at radius 3 is 2.33 bits per heavy atom. The molecule has 0 aliphatic rings. The first kappa shape index (κ1) is 13.0. The molecule has 0 unspecified atom stereocenters. The van der Waals surface area contributed by atoms with Crippen molar-refractivity contribution in [2.45, 2.75) is 59.4 Å². The van der Waals surface area contributed by atoms with Gasteiger partial charge in [-0.25, -0.2) is 0 Å². The first-order chi connectivity index (χ1) is 7.16. The van der Waals surface area contributed by atoms with Crippen molar-refractivity contribution in [1.82, 2.24) is 9.78 Å². The topological polar surface area (TPSA) is 17.8 Å². The third-order valence-corrected chi connectivity index (χ3v) is 4.33. The highest BCUT2D eigenvalue weighted by Crippen LogP contribution is 2.16. The van der Waals surface area contributed by atoms with E-state index in [0.717, 1.165) is 6.54 Å². The van der Waals surface area contributed by atoms with Crippen LogP contribution in [0.3, 0.4) is 0 Å². The molecule has 0 saturated carbocycles. The van der Waals surface area contributed by atoms with Gasteiger partial charge < -0.3 is 0 Å². The van der Waals surface area contributed by atoms with E-state index in [1.807, 2.05) is 0 Å². The molecule has 0 fully saturated rings. The van der Waals surface area contributed by atoms with Gasteiger partial charge in [-0.05, 0) is 42.9 Å². The summed E-state index contributed by atoms with van der Waals surface area (Å²) in [4.78, 5) is 0. The minimum atomic E-state index is 1.08. The zero-order valence-corrected chi connectivity index (χ0v) is 12.2. The molecule has 0 amide bonds. The number of hydrogen-bond donors (Lipinski definition) is 0. The van der Waals surface area contributed by atoms with Gasteiger partial charge in [-0.3, -0.25) is 4.68 Å². The number of unbranched alkanes of at least 4 members (excludes halogenated alkanes) is 4. The van der Waals surface area contributed by atoms with Gasteiger partial charge in [0.25, 0.3) is 0 Å². The Balaban J connectivity index is 2.34. The molecular weight excluding hydrogens is 299 g/mol. The lowest BCUT2D eigenvalue weighted by Gasteiger charge is -2.03. The molecule has 0 aliphatic carbocycles. The van der Waals surface area contributed by atoms with E-state index < -0.39 is 0 Å². The summed E-state index contributed by atoms with van der Waals surface area (Å²) >= 11 is 2.38. The maximum atomic E-state index is 4.54. The highest BCUT2D eigenvalue weighted by molar-refractivity contribution is 14.1. The highest BCUT2D eigenvalue weighted by Gasteiger charge is 2.07. The number of aromatic nitrogens is 2. The van der Waals surface area contributed by atoms with Gasteiger partial charge in [0.15, 0.2) is 0 Å². The monoisotopic (exact) mass is 320 g/mol. The molecule has 0 spiro atoms. The number of rotatable bonds is 6. The first-order valence-electron chi connectivity index (χ1n) is 5.86. The molecular formula is C12H21IN2. The smallest absolute Gasteiger partial charge is 0.0729 e. The predicted molar refractivity (Wildman–Crippen MR) is 73.2 cm³/mol. The van der Waals surface area contributed by atoms with Crippen LogP contribution in [0.5, 0.6) is 0 Å². The van der Waals surface area contributed by atoms with Crippen LogP contribution < -0.4 is 0 Å². The molecule has 15 heavy (non-hydrogen) atoms. The van der Waals surface area contributed by atoms with Gasteiger partial charge >= 0.3 is 0 Å². The van der Waals surface area contributed by atoms with Crippen LogP contribution in [0.2, 0.25) is 0 Å². The molecule has 0 bridgehead atoms. The second-order valence-electron chi connectivity index (χ2n) is 4.12. The molecule has 0 aliphatic heterocycles.